The maximum atomic E-state index is 10.7. The van der Waals surface area contributed by atoms with E-state index in [9.17, 15) is 13.2 Å². The number of hydrogen-bond acceptors (Lipinski definition) is 3. The van der Waals surface area contributed by atoms with Crippen molar-refractivity contribution in [3.8, 4) is 0 Å². The number of hydrogen-bond donors (Lipinski definition) is 1. The molecule has 0 amide bonds. The number of H-pyrrole nitrogens is 1. The third-order valence-corrected chi connectivity index (χ3v) is 3.59. The Balaban J connectivity index is 0.000000397. The average Bonchev–Trinajstić information content (AvgIpc) is 2.81. The van der Waals surface area contributed by atoms with E-state index in [1.807, 2.05) is 30.5 Å². The predicted molar refractivity (Wildman–Crippen MR) is 66.8 cm³/mol. The second kappa shape index (κ2) is 8.50. The van der Waals surface area contributed by atoms with Crippen LogP contribution in [0.5, 0.6) is 0 Å². The largest absolute Gasteiger partial charge is 2.00 e. The van der Waals surface area contributed by atoms with Crippen molar-refractivity contribution in [2.45, 2.75) is 5.51 Å². The number of nitrogens with one attached hydrogen (secondary N) is 1. The van der Waals surface area contributed by atoms with Crippen LogP contribution in [0.1, 0.15) is 0 Å². The van der Waals surface area contributed by atoms with Crippen molar-refractivity contribution in [1.29, 1.82) is 0 Å². The maximum Gasteiger partial charge on any atom is 2.00 e. The van der Waals surface area contributed by atoms with Gasteiger partial charge in [0.25, 0.3) is 0 Å². The molecule has 0 unspecified atom stereocenters. The monoisotopic (exact) mass is 425 g/mol. The molecule has 0 atom stereocenters. The van der Waals surface area contributed by atoms with E-state index in [4.69, 9.17) is 13.0 Å². The van der Waals surface area contributed by atoms with Crippen molar-refractivity contribution in [1.82, 2.24) is 4.98 Å². The van der Waals surface area contributed by atoms with Crippen molar-refractivity contribution in [3.05, 3.63) is 48.7 Å². The van der Waals surface area contributed by atoms with Crippen LogP contribution in [0.25, 0.3) is 0 Å². The Morgan fingerprint density at radius 3 is 2.19 bits per heavy atom. The van der Waals surface area contributed by atoms with E-state index in [2.05, 4.69) is 23.2 Å². The smallest absolute Gasteiger partial charge is 0.741 e. The third-order valence-electron chi connectivity index (χ3n) is 1.86. The molecule has 116 valence electrons. The zero-order valence-electron chi connectivity index (χ0n) is 10.1. The van der Waals surface area contributed by atoms with Gasteiger partial charge in [0.2, 0.25) is 0 Å². The number of halogens is 3. The fourth-order valence-corrected chi connectivity index (χ4v) is 1.98. The van der Waals surface area contributed by atoms with Gasteiger partial charge in [0.15, 0.2) is 10.1 Å². The number of benzene rings is 1. The molecule has 2 rings (SSSR count). The van der Waals surface area contributed by atoms with Gasteiger partial charge in [0.05, 0.1) is 0 Å². The van der Waals surface area contributed by atoms with E-state index >= 15 is 0 Å². The Labute approximate surface area is 136 Å². The van der Waals surface area contributed by atoms with Gasteiger partial charge in [-0.1, -0.05) is 0 Å². The topological polar surface area (TPSA) is 73.0 Å². The Morgan fingerprint density at radius 1 is 1.19 bits per heavy atom. The van der Waals surface area contributed by atoms with E-state index in [1.54, 1.807) is 0 Å². The summed E-state index contributed by atoms with van der Waals surface area (Å²) in [7, 11) is -5.40. The Kier molecular flexibility index (Phi) is 8.13. The molecule has 0 bridgehead atoms. The van der Waals surface area contributed by atoms with Crippen molar-refractivity contribution < 1.29 is 46.6 Å². The molecule has 1 aromatic heterocycles. The fourth-order valence-electron chi connectivity index (χ4n) is 1.02. The molecule has 0 saturated heterocycles. The second-order valence-corrected chi connectivity index (χ2v) is 6.08. The zero-order chi connectivity index (χ0) is 15.2. The first-order valence-corrected chi connectivity index (χ1v) is 7.50. The molecule has 0 aliphatic carbocycles. The molecule has 10 heteroatoms. The minimum Gasteiger partial charge on any atom is -0.741 e. The summed E-state index contributed by atoms with van der Waals surface area (Å²) in [6.07, 6.45) is 1.95. The van der Waals surface area contributed by atoms with Crippen molar-refractivity contribution in [2.75, 3.05) is 0 Å². The molecule has 1 heterocycles. The van der Waals surface area contributed by atoms with Crippen LogP contribution in [-0.4, -0.2) is 33.0 Å². The van der Waals surface area contributed by atoms with Crippen LogP contribution in [0.4, 0.5) is 13.2 Å². The van der Waals surface area contributed by atoms with Crippen molar-refractivity contribution in [2.24, 2.45) is 0 Å². The summed E-state index contributed by atoms with van der Waals surface area (Å²) in [6.45, 7) is 0. The quantitative estimate of drug-likeness (QED) is 0.330. The van der Waals surface area contributed by atoms with Crippen LogP contribution >= 0.6 is 0 Å². The van der Waals surface area contributed by atoms with Gasteiger partial charge in [0, 0.05) is 6.20 Å². The second-order valence-electron chi connectivity index (χ2n) is 3.38. The summed E-state index contributed by atoms with van der Waals surface area (Å²) in [5.74, 6) is 0. The average molecular weight is 426 g/mol. The number of alkyl halides is 3. The molecular weight excluding hydrogens is 418 g/mol. The van der Waals surface area contributed by atoms with Gasteiger partial charge in [-0.3, -0.25) is 0 Å². The van der Waals surface area contributed by atoms with E-state index in [0.29, 0.717) is 9.52 Å². The fraction of sp³-hybridized carbons (Fsp3) is 0.0909. The van der Waals surface area contributed by atoms with Crippen LogP contribution in [0, 0.1) is 6.07 Å². The van der Waals surface area contributed by atoms with Crippen LogP contribution in [0.3, 0.4) is 0 Å². The molecule has 2 aromatic rings. The van der Waals surface area contributed by atoms with E-state index < -0.39 is 15.6 Å². The molecule has 0 spiro atoms. The molecule has 1 aromatic carbocycles. The molecule has 1 N–H and O–H groups in total. The van der Waals surface area contributed by atoms with Crippen LogP contribution in [-0.2, 0) is 30.5 Å². The van der Waals surface area contributed by atoms with Crippen LogP contribution in [0.15, 0.2) is 42.6 Å². The first kappa shape index (κ1) is 20.1. The zero-order valence-corrected chi connectivity index (χ0v) is 13.5. The van der Waals surface area contributed by atoms with Gasteiger partial charge in [-0.25, -0.2) is 8.42 Å². The number of aromatic amines is 1. The predicted octanol–water partition coefficient (Wildman–Crippen LogP) is 0.519. The molecule has 0 saturated carbocycles. The van der Waals surface area contributed by atoms with Crippen LogP contribution < -0.4 is 10.5 Å². The molecule has 0 aliphatic heterocycles. The summed E-state index contributed by atoms with van der Waals surface area (Å²) >= 11 is 0. The summed E-state index contributed by atoms with van der Waals surface area (Å²) < 4.78 is 58.9. The normalized spacial score (nSPS) is 11.0. The molecular formula is C11H8F3NO3PdSSi. The van der Waals surface area contributed by atoms with Gasteiger partial charge in [-0.15, -0.1) is 0 Å². The summed E-state index contributed by atoms with van der Waals surface area (Å²) in [6, 6.07) is 15.4. The van der Waals surface area contributed by atoms with E-state index in [0.717, 1.165) is 0 Å². The molecule has 0 fully saturated rings. The first-order valence-electron chi connectivity index (χ1n) is 5.09. The minimum absolute atomic E-state index is 0. The standard InChI is InChI=1S/C10H8NSi.CHF3O3S.Pd/c1-2-5-9(6-3-1)12-10-7-4-8-11-10;2-1(3,4)8(5,6)7;/h1-5,7-8,11H;(H,5,6,7);/q-1;;+2/p-1. The summed E-state index contributed by atoms with van der Waals surface area (Å²) in [5, 5.41) is 2.51. The van der Waals surface area contributed by atoms with E-state index in [-0.39, 0.29) is 20.4 Å². The Morgan fingerprint density at radius 2 is 1.81 bits per heavy atom. The van der Waals surface area contributed by atoms with Crippen molar-refractivity contribution >= 4 is 30.1 Å². The molecule has 0 aliphatic rings. The third kappa shape index (κ3) is 7.59. The van der Waals surface area contributed by atoms with Gasteiger partial charge >= 0.3 is 25.9 Å². The minimum atomic E-state index is -6.09. The van der Waals surface area contributed by atoms with Crippen LogP contribution in [0.2, 0.25) is 0 Å². The van der Waals surface area contributed by atoms with Gasteiger partial charge in [-0.2, -0.15) is 48.7 Å². The van der Waals surface area contributed by atoms with Gasteiger partial charge in [-0.05, 0) is 17.4 Å². The summed E-state index contributed by atoms with van der Waals surface area (Å²) in [4.78, 5) is 3.18. The Hall–Kier alpha value is -0.921. The van der Waals surface area contributed by atoms with E-state index in [1.165, 1.54) is 10.5 Å². The maximum absolute atomic E-state index is 10.7. The van der Waals surface area contributed by atoms with Crippen molar-refractivity contribution in [3.63, 3.8) is 0 Å². The summed E-state index contributed by atoms with van der Waals surface area (Å²) in [5.41, 5.74) is -5.65. The van der Waals surface area contributed by atoms with Gasteiger partial charge < -0.3 is 9.54 Å². The molecule has 21 heavy (non-hydrogen) atoms. The molecule has 4 nitrogen and oxygen atoms in total. The molecule has 2 radical (unpaired) electrons. The Bertz CT molecular complexity index is 618. The SMILES string of the molecule is O=S(=O)([O-])C(F)(F)F.[Pd+2].[c-]1ccccc1[Si]c1ccc[nH]1. The van der Waals surface area contributed by atoms with Gasteiger partial charge in [0.1, 0.15) is 9.52 Å². The number of aromatic nitrogens is 1. The number of rotatable bonds is 2. The first-order chi connectivity index (χ1) is 9.20.